The molecule has 13 heavy (non-hydrogen) atoms. The fourth-order valence-corrected chi connectivity index (χ4v) is 2.22. The molecule has 1 aliphatic heterocycles. The third-order valence-corrected chi connectivity index (χ3v) is 2.73. The van der Waals surface area contributed by atoms with Gasteiger partial charge in [0.05, 0.1) is 6.04 Å². The molecule has 1 aliphatic rings. The van der Waals surface area contributed by atoms with Gasteiger partial charge < -0.3 is 10.6 Å². The van der Waals surface area contributed by atoms with Gasteiger partial charge in [0.1, 0.15) is 0 Å². The van der Waals surface area contributed by atoms with Gasteiger partial charge in [0, 0.05) is 12.1 Å². The van der Waals surface area contributed by atoms with Crippen molar-refractivity contribution in [2.75, 3.05) is 6.54 Å². The predicted octanol–water partition coefficient (Wildman–Crippen LogP) is 0.981. The van der Waals surface area contributed by atoms with Gasteiger partial charge in [-0.2, -0.15) is 0 Å². The summed E-state index contributed by atoms with van der Waals surface area (Å²) in [6, 6.07) is -0.371. The zero-order chi connectivity index (χ0) is 10.2. The van der Waals surface area contributed by atoms with Crippen LogP contribution in [0.1, 0.15) is 34.1 Å². The van der Waals surface area contributed by atoms with Crippen molar-refractivity contribution in [3.8, 4) is 0 Å². The molecule has 1 saturated heterocycles. The van der Waals surface area contributed by atoms with E-state index in [0.717, 1.165) is 13.0 Å². The minimum atomic E-state index is -0.371. The van der Waals surface area contributed by atoms with E-state index in [1.54, 1.807) is 6.92 Å². The number of rotatable bonds is 1. The Kier molecular flexibility index (Phi) is 2.66. The number of carbonyl (C=O) groups excluding carboxylic acids is 1. The Hall–Kier alpha value is -0.570. The van der Waals surface area contributed by atoms with Crippen LogP contribution in [0.25, 0.3) is 0 Å². The van der Waals surface area contributed by atoms with Gasteiger partial charge in [0.2, 0.25) is 5.91 Å². The van der Waals surface area contributed by atoms with Crippen LogP contribution in [0, 0.1) is 5.92 Å². The van der Waals surface area contributed by atoms with Crippen LogP contribution in [0.5, 0.6) is 0 Å². The van der Waals surface area contributed by atoms with Gasteiger partial charge in [-0.3, -0.25) is 4.79 Å². The number of amides is 1. The van der Waals surface area contributed by atoms with E-state index in [2.05, 4.69) is 20.8 Å². The quantitative estimate of drug-likeness (QED) is 0.660. The maximum absolute atomic E-state index is 11.7. The number of hydrogen-bond donors (Lipinski definition) is 1. The first kappa shape index (κ1) is 10.5. The smallest absolute Gasteiger partial charge is 0.239 e. The number of nitrogens with zero attached hydrogens (tertiary/aromatic N) is 1. The molecule has 1 amide bonds. The Balaban J connectivity index is 2.75. The van der Waals surface area contributed by atoms with Crippen LogP contribution in [-0.2, 0) is 4.79 Å². The highest BCUT2D eigenvalue weighted by molar-refractivity contribution is 5.82. The Morgan fingerprint density at radius 2 is 2.15 bits per heavy atom. The average Bonchev–Trinajstić information content (AvgIpc) is 2.22. The van der Waals surface area contributed by atoms with Crippen molar-refractivity contribution in [3.63, 3.8) is 0 Å². The molecule has 0 aliphatic carbocycles. The number of hydrogen-bond acceptors (Lipinski definition) is 2. The Bertz CT molecular complexity index is 211. The van der Waals surface area contributed by atoms with Crippen LogP contribution in [0.15, 0.2) is 0 Å². The summed E-state index contributed by atoms with van der Waals surface area (Å²) in [7, 11) is 0. The third kappa shape index (κ3) is 2.02. The number of carbonyl (C=O) groups is 1. The summed E-state index contributed by atoms with van der Waals surface area (Å²) in [4.78, 5) is 13.6. The van der Waals surface area contributed by atoms with E-state index < -0.39 is 0 Å². The maximum atomic E-state index is 11.7. The molecule has 0 aromatic heterocycles. The summed E-state index contributed by atoms with van der Waals surface area (Å²) in [5, 5.41) is 0. The molecule has 3 heteroatoms. The fourth-order valence-electron chi connectivity index (χ4n) is 2.22. The van der Waals surface area contributed by atoms with Gasteiger partial charge in [0.15, 0.2) is 0 Å². The molecule has 1 unspecified atom stereocenters. The van der Waals surface area contributed by atoms with Crippen LogP contribution < -0.4 is 5.73 Å². The molecule has 0 radical (unpaired) electrons. The summed E-state index contributed by atoms with van der Waals surface area (Å²) in [5.74, 6) is 0.673. The normalized spacial score (nSPS) is 29.0. The second-order valence-electron chi connectivity index (χ2n) is 4.86. The summed E-state index contributed by atoms with van der Waals surface area (Å²) in [5.41, 5.74) is 5.58. The van der Waals surface area contributed by atoms with Crippen molar-refractivity contribution in [3.05, 3.63) is 0 Å². The van der Waals surface area contributed by atoms with Crippen LogP contribution in [0.3, 0.4) is 0 Å². The highest BCUT2D eigenvalue weighted by Crippen LogP contribution is 2.32. The summed E-state index contributed by atoms with van der Waals surface area (Å²) < 4.78 is 0. The second kappa shape index (κ2) is 3.29. The zero-order valence-corrected chi connectivity index (χ0v) is 9.00. The van der Waals surface area contributed by atoms with E-state index in [9.17, 15) is 4.79 Å². The molecule has 2 atom stereocenters. The van der Waals surface area contributed by atoms with Crippen LogP contribution in [0.2, 0.25) is 0 Å². The average molecular weight is 184 g/mol. The molecule has 0 saturated carbocycles. The highest BCUT2D eigenvalue weighted by atomic mass is 16.2. The van der Waals surface area contributed by atoms with Crippen molar-refractivity contribution in [1.29, 1.82) is 0 Å². The van der Waals surface area contributed by atoms with E-state index in [-0.39, 0.29) is 17.5 Å². The molecule has 1 rings (SSSR count). The van der Waals surface area contributed by atoms with Crippen molar-refractivity contribution in [2.45, 2.75) is 45.7 Å². The van der Waals surface area contributed by atoms with Crippen molar-refractivity contribution in [2.24, 2.45) is 11.7 Å². The standard InChI is InChI=1S/C10H20N2O/c1-7-5-10(3,4)12(6-7)9(13)8(2)11/h7-8H,5-6,11H2,1-4H3/t7?,8-/m0/s1. The Morgan fingerprint density at radius 1 is 1.62 bits per heavy atom. The molecule has 3 nitrogen and oxygen atoms in total. The predicted molar refractivity (Wildman–Crippen MR) is 53.2 cm³/mol. The monoisotopic (exact) mass is 184 g/mol. The van der Waals surface area contributed by atoms with Gasteiger partial charge in [-0.25, -0.2) is 0 Å². The molecule has 0 aromatic carbocycles. The third-order valence-electron chi connectivity index (χ3n) is 2.73. The van der Waals surface area contributed by atoms with E-state index in [1.807, 2.05) is 4.90 Å². The summed E-state index contributed by atoms with van der Waals surface area (Å²) >= 11 is 0. The summed E-state index contributed by atoms with van der Waals surface area (Å²) in [6.45, 7) is 9.00. The maximum Gasteiger partial charge on any atom is 0.239 e. The molecule has 76 valence electrons. The van der Waals surface area contributed by atoms with E-state index in [4.69, 9.17) is 5.73 Å². The lowest BCUT2D eigenvalue weighted by Gasteiger charge is -2.32. The molecule has 0 spiro atoms. The molecule has 2 N–H and O–H groups in total. The molecular formula is C10H20N2O. The first-order valence-corrected chi connectivity index (χ1v) is 4.91. The number of nitrogens with two attached hydrogens (primary N) is 1. The van der Waals surface area contributed by atoms with Gasteiger partial charge in [0.25, 0.3) is 0 Å². The lowest BCUT2D eigenvalue weighted by Crippen LogP contribution is -2.49. The lowest BCUT2D eigenvalue weighted by molar-refractivity contribution is -0.135. The van der Waals surface area contributed by atoms with Crippen molar-refractivity contribution < 1.29 is 4.79 Å². The molecular weight excluding hydrogens is 164 g/mol. The SMILES string of the molecule is CC1CN(C(=O)[C@H](C)N)C(C)(C)C1. The zero-order valence-electron chi connectivity index (χ0n) is 9.00. The fraction of sp³-hybridized carbons (Fsp3) is 0.900. The van der Waals surface area contributed by atoms with Crippen molar-refractivity contribution >= 4 is 5.91 Å². The molecule has 0 bridgehead atoms. The second-order valence-corrected chi connectivity index (χ2v) is 4.86. The van der Waals surface area contributed by atoms with E-state index in [1.165, 1.54) is 0 Å². The number of likely N-dealkylation sites (tertiary alicyclic amines) is 1. The van der Waals surface area contributed by atoms with Crippen LogP contribution in [-0.4, -0.2) is 28.9 Å². The highest BCUT2D eigenvalue weighted by Gasteiger charge is 2.39. The van der Waals surface area contributed by atoms with E-state index in [0.29, 0.717) is 5.92 Å². The summed E-state index contributed by atoms with van der Waals surface area (Å²) in [6.07, 6.45) is 1.07. The molecule has 0 aromatic rings. The topological polar surface area (TPSA) is 46.3 Å². The van der Waals surface area contributed by atoms with Crippen LogP contribution in [0.4, 0.5) is 0 Å². The van der Waals surface area contributed by atoms with Gasteiger partial charge in [-0.05, 0) is 33.1 Å². The molecule has 1 heterocycles. The van der Waals surface area contributed by atoms with Gasteiger partial charge in [-0.1, -0.05) is 6.92 Å². The van der Waals surface area contributed by atoms with Crippen LogP contribution >= 0.6 is 0 Å². The largest absolute Gasteiger partial charge is 0.336 e. The Morgan fingerprint density at radius 3 is 2.46 bits per heavy atom. The van der Waals surface area contributed by atoms with E-state index >= 15 is 0 Å². The van der Waals surface area contributed by atoms with Gasteiger partial charge >= 0.3 is 0 Å². The van der Waals surface area contributed by atoms with Gasteiger partial charge in [-0.15, -0.1) is 0 Å². The first-order chi connectivity index (χ1) is 5.84. The Labute approximate surface area is 80.3 Å². The minimum absolute atomic E-state index is 0.00979. The molecule has 1 fully saturated rings. The minimum Gasteiger partial charge on any atom is -0.336 e. The lowest BCUT2D eigenvalue weighted by atomic mass is 9.97. The van der Waals surface area contributed by atoms with Crippen molar-refractivity contribution in [1.82, 2.24) is 4.90 Å². The first-order valence-electron chi connectivity index (χ1n) is 4.91.